The zero-order valence-corrected chi connectivity index (χ0v) is 14.7. The number of nitrogens with two attached hydrogens (primary N) is 1. The highest BCUT2D eigenvalue weighted by Crippen LogP contribution is 2.19. The van der Waals surface area contributed by atoms with Gasteiger partial charge in [-0.15, -0.1) is 0 Å². The van der Waals surface area contributed by atoms with Crippen LogP contribution in [0.3, 0.4) is 0 Å². The highest BCUT2D eigenvalue weighted by Gasteiger charge is 2.19. The second-order valence-corrected chi connectivity index (χ2v) is 7.08. The molecule has 4 heteroatoms. The van der Waals surface area contributed by atoms with Gasteiger partial charge in [0.2, 0.25) is 5.91 Å². The van der Waals surface area contributed by atoms with E-state index in [1.807, 2.05) is 26.0 Å². The Kier molecular flexibility index (Phi) is 6.60. The molecule has 0 aromatic heterocycles. The second kappa shape index (κ2) is 8.46. The number of nitrogens with zero attached hydrogens (tertiary/aromatic N) is 1. The SMILES string of the molecule is CCC(C)C(N)C(=O)Nc1ccc(CN2CCCC(C)C2)cc1. The molecule has 128 valence electrons. The predicted molar refractivity (Wildman–Crippen MR) is 96.2 cm³/mol. The summed E-state index contributed by atoms with van der Waals surface area (Å²) in [4.78, 5) is 14.6. The summed E-state index contributed by atoms with van der Waals surface area (Å²) in [6.45, 7) is 9.74. The first-order valence-electron chi connectivity index (χ1n) is 8.87. The molecule has 1 aromatic rings. The summed E-state index contributed by atoms with van der Waals surface area (Å²) in [7, 11) is 0. The molecular formula is C19H31N3O. The van der Waals surface area contributed by atoms with E-state index in [1.165, 1.54) is 31.5 Å². The molecule has 1 aliphatic heterocycles. The van der Waals surface area contributed by atoms with Gasteiger partial charge in [-0.3, -0.25) is 9.69 Å². The van der Waals surface area contributed by atoms with Crippen LogP contribution in [-0.4, -0.2) is 29.9 Å². The number of carbonyl (C=O) groups is 1. The second-order valence-electron chi connectivity index (χ2n) is 7.08. The molecule has 3 N–H and O–H groups in total. The van der Waals surface area contributed by atoms with E-state index in [1.54, 1.807) is 0 Å². The molecule has 1 aromatic carbocycles. The molecule has 3 unspecified atom stereocenters. The number of benzene rings is 1. The van der Waals surface area contributed by atoms with E-state index in [2.05, 4.69) is 29.3 Å². The fourth-order valence-corrected chi connectivity index (χ4v) is 3.12. The highest BCUT2D eigenvalue weighted by atomic mass is 16.2. The first-order chi connectivity index (χ1) is 11.0. The molecular weight excluding hydrogens is 286 g/mol. The Balaban J connectivity index is 1.88. The minimum Gasteiger partial charge on any atom is -0.325 e. The van der Waals surface area contributed by atoms with Crippen LogP contribution >= 0.6 is 0 Å². The average Bonchev–Trinajstić information content (AvgIpc) is 2.55. The van der Waals surface area contributed by atoms with Gasteiger partial charge in [0.15, 0.2) is 0 Å². The zero-order chi connectivity index (χ0) is 16.8. The van der Waals surface area contributed by atoms with Crippen LogP contribution in [-0.2, 0) is 11.3 Å². The molecule has 2 rings (SSSR count). The van der Waals surface area contributed by atoms with Crippen molar-refractivity contribution in [2.24, 2.45) is 17.6 Å². The molecule has 1 heterocycles. The van der Waals surface area contributed by atoms with Crippen molar-refractivity contribution < 1.29 is 4.79 Å². The van der Waals surface area contributed by atoms with Crippen LogP contribution in [0.15, 0.2) is 24.3 Å². The number of hydrogen-bond donors (Lipinski definition) is 2. The van der Waals surface area contributed by atoms with Crippen molar-refractivity contribution in [2.45, 2.75) is 52.6 Å². The lowest BCUT2D eigenvalue weighted by atomic mass is 9.99. The lowest BCUT2D eigenvalue weighted by Crippen LogP contribution is -2.40. The molecule has 23 heavy (non-hydrogen) atoms. The molecule has 1 amide bonds. The Labute approximate surface area is 140 Å². The van der Waals surface area contributed by atoms with Crippen molar-refractivity contribution in [2.75, 3.05) is 18.4 Å². The van der Waals surface area contributed by atoms with Crippen LogP contribution in [0.25, 0.3) is 0 Å². The maximum Gasteiger partial charge on any atom is 0.241 e. The first kappa shape index (κ1) is 18.0. The smallest absolute Gasteiger partial charge is 0.241 e. The van der Waals surface area contributed by atoms with Crippen molar-refractivity contribution in [3.63, 3.8) is 0 Å². The van der Waals surface area contributed by atoms with Gasteiger partial charge in [-0.25, -0.2) is 0 Å². The van der Waals surface area contributed by atoms with Crippen LogP contribution in [0.5, 0.6) is 0 Å². The number of carbonyl (C=O) groups excluding carboxylic acids is 1. The Bertz CT molecular complexity index is 500. The number of hydrogen-bond acceptors (Lipinski definition) is 3. The van der Waals surface area contributed by atoms with Crippen LogP contribution < -0.4 is 11.1 Å². The molecule has 1 saturated heterocycles. The van der Waals surface area contributed by atoms with Gasteiger partial charge in [-0.2, -0.15) is 0 Å². The van der Waals surface area contributed by atoms with Gasteiger partial charge in [0.05, 0.1) is 6.04 Å². The van der Waals surface area contributed by atoms with Crippen LogP contribution in [0.2, 0.25) is 0 Å². The molecule has 0 saturated carbocycles. The molecule has 1 fully saturated rings. The van der Waals surface area contributed by atoms with Crippen LogP contribution in [0, 0.1) is 11.8 Å². The number of likely N-dealkylation sites (tertiary alicyclic amines) is 1. The Morgan fingerprint density at radius 2 is 2.09 bits per heavy atom. The fourth-order valence-electron chi connectivity index (χ4n) is 3.12. The summed E-state index contributed by atoms with van der Waals surface area (Å²) in [6, 6.07) is 7.70. The third-order valence-electron chi connectivity index (χ3n) is 4.93. The molecule has 0 radical (unpaired) electrons. The summed E-state index contributed by atoms with van der Waals surface area (Å²) in [5, 5.41) is 2.92. The number of anilines is 1. The van der Waals surface area contributed by atoms with Gasteiger partial charge in [0, 0.05) is 18.8 Å². The molecule has 4 nitrogen and oxygen atoms in total. The maximum atomic E-state index is 12.1. The van der Waals surface area contributed by atoms with Gasteiger partial charge in [0.25, 0.3) is 0 Å². The van der Waals surface area contributed by atoms with Crippen molar-refractivity contribution in [1.29, 1.82) is 0 Å². The minimum atomic E-state index is -0.450. The van der Waals surface area contributed by atoms with E-state index in [-0.39, 0.29) is 11.8 Å². The van der Waals surface area contributed by atoms with Gasteiger partial charge in [-0.05, 0) is 48.9 Å². The molecule has 1 aliphatic rings. The average molecular weight is 317 g/mol. The van der Waals surface area contributed by atoms with Gasteiger partial charge >= 0.3 is 0 Å². The Morgan fingerprint density at radius 1 is 1.39 bits per heavy atom. The minimum absolute atomic E-state index is 0.100. The number of piperidine rings is 1. The summed E-state index contributed by atoms with van der Waals surface area (Å²) in [5.74, 6) is 0.886. The van der Waals surface area contributed by atoms with Crippen molar-refractivity contribution in [3.8, 4) is 0 Å². The third kappa shape index (κ3) is 5.33. The van der Waals surface area contributed by atoms with Crippen molar-refractivity contribution in [3.05, 3.63) is 29.8 Å². The molecule has 0 aliphatic carbocycles. The first-order valence-corrected chi connectivity index (χ1v) is 8.87. The molecule has 0 spiro atoms. The summed E-state index contributed by atoms with van der Waals surface area (Å²) in [5.41, 5.74) is 8.09. The Morgan fingerprint density at radius 3 is 2.70 bits per heavy atom. The molecule has 0 bridgehead atoms. The summed E-state index contributed by atoms with van der Waals surface area (Å²) >= 11 is 0. The van der Waals surface area contributed by atoms with Gasteiger partial charge in [0.1, 0.15) is 0 Å². The third-order valence-corrected chi connectivity index (χ3v) is 4.93. The summed E-state index contributed by atoms with van der Waals surface area (Å²) < 4.78 is 0. The van der Waals surface area contributed by atoms with E-state index < -0.39 is 6.04 Å². The zero-order valence-electron chi connectivity index (χ0n) is 14.7. The lowest BCUT2D eigenvalue weighted by molar-refractivity contribution is -0.118. The highest BCUT2D eigenvalue weighted by molar-refractivity contribution is 5.94. The van der Waals surface area contributed by atoms with Gasteiger partial charge in [-0.1, -0.05) is 39.3 Å². The standard InChI is InChI=1S/C19H31N3O/c1-4-15(3)18(20)19(23)21-17-9-7-16(8-10-17)13-22-11-5-6-14(2)12-22/h7-10,14-15,18H,4-6,11-13,20H2,1-3H3,(H,21,23). The maximum absolute atomic E-state index is 12.1. The van der Waals surface area contributed by atoms with Crippen molar-refractivity contribution >= 4 is 11.6 Å². The normalized spacial score (nSPS) is 21.7. The summed E-state index contributed by atoms with van der Waals surface area (Å²) in [6.07, 6.45) is 3.54. The number of nitrogens with one attached hydrogen (secondary N) is 1. The Hall–Kier alpha value is -1.39. The quantitative estimate of drug-likeness (QED) is 0.847. The monoisotopic (exact) mass is 317 g/mol. The molecule has 3 atom stereocenters. The van der Waals surface area contributed by atoms with Gasteiger partial charge < -0.3 is 11.1 Å². The number of amides is 1. The largest absolute Gasteiger partial charge is 0.325 e. The van der Waals surface area contributed by atoms with E-state index in [0.717, 1.165) is 24.6 Å². The van der Waals surface area contributed by atoms with Crippen molar-refractivity contribution in [1.82, 2.24) is 4.90 Å². The van der Waals surface area contributed by atoms with E-state index in [9.17, 15) is 4.79 Å². The predicted octanol–water partition coefficient (Wildman–Crippen LogP) is 3.23. The topological polar surface area (TPSA) is 58.4 Å². The van der Waals surface area contributed by atoms with Crippen LogP contribution in [0.4, 0.5) is 5.69 Å². The van der Waals surface area contributed by atoms with E-state index in [0.29, 0.717) is 0 Å². The van der Waals surface area contributed by atoms with E-state index in [4.69, 9.17) is 5.73 Å². The van der Waals surface area contributed by atoms with E-state index >= 15 is 0 Å². The number of rotatable bonds is 6. The van der Waals surface area contributed by atoms with Crippen LogP contribution in [0.1, 0.15) is 45.6 Å². The lowest BCUT2D eigenvalue weighted by Gasteiger charge is -2.30. The fraction of sp³-hybridized carbons (Fsp3) is 0.632.